The SMILES string of the molecule is CC(C)CN(CC(C)C)C(=O)c1csc(CCN)n1. The topological polar surface area (TPSA) is 59.2 Å². The Kier molecular flexibility index (Phi) is 6.45. The van der Waals surface area contributed by atoms with Gasteiger partial charge in [0.2, 0.25) is 0 Å². The van der Waals surface area contributed by atoms with E-state index in [1.807, 2.05) is 10.3 Å². The van der Waals surface area contributed by atoms with Crippen molar-refractivity contribution >= 4 is 17.2 Å². The first kappa shape index (κ1) is 16.1. The minimum atomic E-state index is 0.0434. The first-order chi connectivity index (χ1) is 8.93. The number of carbonyl (C=O) groups is 1. The van der Waals surface area contributed by atoms with Gasteiger partial charge in [-0.2, -0.15) is 0 Å². The summed E-state index contributed by atoms with van der Waals surface area (Å²) in [4.78, 5) is 18.8. The van der Waals surface area contributed by atoms with Gasteiger partial charge in [-0.1, -0.05) is 27.7 Å². The molecule has 108 valence electrons. The van der Waals surface area contributed by atoms with Crippen LogP contribution in [0.2, 0.25) is 0 Å². The van der Waals surface area contributed by atoms with Gasteiger partial charge in [0.05, 0.1) is 5.01 Å². The number of hydrogen-bond donors (Lipinski definition) is 1. The van der Waals surface area contributed by atoms with Gasteiger partial charge in [0, 0.05) is 24.9 Å². The van der Waals surface area contributed by atoms with Gasteiger partial charge in [0.25, 0.3) is 5.91 Å². The third-order valence-corrected chi connectivity index (χ3v) is 3.50. The van der Waals surface area contributed by atoms with E-state index in [4.69, 9.17) is 5.73 Å². The minimum absolute atomic E-state index is 0.0434. The molecule has 0 spiro atoms. The summed E-state index contributed by atoms with van der Waals surface area (Å²) in [6, 6.07) is 0. The number of aromatic nitrogens is 1. The highest BCUT2D eigenvalue weighted by Gasteiger charge is 2.20. The number of rotatable bonds is 7. The molecule has 0 bridgehead atoms. The molecule has 2 N–H and O–H groups in total. The third kappa shape index (κ3) is 5.28. The molecule has 0 atom stereocenters. The fourth-order valence-corrected chi connectivity index (χ4v) is 2.72. The van der Waals surface area contributed by atoms with Crippen molar-refractivity contribution in [1.82, 2.24) is 9.88 Å². The van der Waals surface area contributed by atoms with Crippen LogP contribution in [0.4, 0.5) is 0 Å². The van der Waals surface area contributed by atoms with Gasteiger partial charge < -0.3 is 10.6 Å². The Morgan fingerprint density at radius 2 is 1.89 bits per heavy atom. The molecule has 0 aliphatic rings. The highest BCUT2D eigenvalue weighted by Crippen LogP contribution is 2.14. The lowest BCUT2D eigenvalue weighted by molar-refractivity contribution is 0.0710. The van der Waals surface area contributed by atoms with Gasteiger partial charge in [-0.15, -0.1) is 11.3 Å². The van der Waals surface area contributed by atoms with Gasteiger partial charge >= 0.3 is 0 Å². The second kappa shape index (κ2) is 7.60. The summed E-state index contributed by atoms with van der Waals surface area (Å²) in [7, 11) is 0. The fraction of sp³-hybridized carbons (Fsp3) is 0.714. The van der Waals surface area contributed by atoms with Crippen LogP contribution in [0.25, 0.3) is 0 Å². The zero-order valence-electron chi connectivity index (χ0n) is 12.3. The molecule has 0 aliphatic heterocycles. The number of amides is 1. The Morgan fingerprint density at radius 1 is 1.32 bits per heavy atom. The number of carbonyl (C=O) groups excluding carboxylic acids is 1. The zero-order valence-corrected chi connectivity index (χ0v) is 13.2. The first-order valence-electron chi connectivity index (χ1n) is 6.87. The molecule has 1 aromatic heterocycles. The average Bonchev–Trinajstić information content (AvgIpc) is 2.75. The van der Waals surface area contributed by atoms with Crippen LogP contribution in [-0.4, -0.2) is 35.4 Å². The van der Waals surface area contributed by atoms with Gasteiger partial charge in [0.15, 0.2) is 0 Å². The molecule has 1 heterocycles. The summed E-state index contributed by atoms with van der Waals surface area (Å²) >= 11 is 1.52. The predicted molar refractivity (Wildman–Crippen MR) is 80.5 cm³/mol. The van der Waals surface area contributed by atoms with Crippen LogP contribution in [0.3, 0.4) is 0 Å². The van der Waals surface area contributed by atoms with Crippen LogP contribution >= 0.6 is 11.3 Å². The molecule has 0 saturated heterocycles. The van der Waals surface area contributed by atoms with Gasteiger partial charge in [-0.05, 0) is 18.4 Å². The predicted octanol–water partition coefficient (Wildman–Crippen LogP) is 2.40. The van der Waals surface area contributed by atoms with Crippen molar-refractivity contribution in [3.8, 4) is 0 Å². The molecule has 5 heteroatoms. The second-order valence-corrected chi connectivity index (χ2v) is 6.61. The third-order valence-electron chi connectivity index (χ3n) is 2.59. The van der Waals surface area contributed by atoms with Gasteiger partial charge in [-0.25, -0.2) is 4.98 Å². The molecule has 0 radical (unpaired) electrons. The van der Waals surface area contributed by atoms with Crippen LogP contribution in [0.5, 0.6) is 0 Å². The standard InChI is InChI=1S/C14H25N3OS/c1-10(2)7-17(8-11(3)4)14(18)12-9-19-13(16-12)5-6-15/h9-11H,5-8,15H2,1-4H3. The Hall–Kier alpha value is -0.940. The zero-order chi connectivity index (χ0) is 14.4. The summed E-state index contributed by atoms with van der Waals surface area (Å²) in [5.41, 5.74) is 6.07. The van der Waals surface area contributed by atoms with Gasteiger partial charge in [-0.3, -0.25) is 4.79 Å². The van der Waals surface area contributed by atoms with Crippen molar-refractivity contribution in [3.63, 3.8) is 0 Å². The maximum absolute atomic E-state index is 12.5. The normalized spacial score (nSPS) is 11.3. The lowest BCUT2D eigenvalue weighted by atomic mass is 10.1. The van der Waals surface area contributed by atoms with E-state index < -0.39 is 0 Å². The fourth-order valence-electron chi connectivity index (χ4n) is 1.93. The van der Waals surface area contributed by atoms with E-state index >= 15 is 0 Å². The molecule has 19 heavy (non-hydrogen) atoms. The molecule has 0 aliphatic carbocycles. The quantitative estimate of drug-likeness (QED) is 0.836. The van der Waals surface area contributed by atoms with Crippen molar-refractivity contribution in [2.24, 2.45) is 17.6 Å². The summed E-state index contributed by atoms with van der Waals surface area (Å²) in [5.74, 6) is 0.969. The van der Waals surface area contributed by atoms with E-state index in [0.29, 0.717) is 24.1 Å². The molecular formula is C14H25N3OS. The number of hydrogen-bond acceptors (Lipinski definition) is 4. The lowest BCUT2D eigenvalue weighted by Crippen LogP contribution is -2.37. The van der Waals surface area contributed by atoms with E-state index in [1.54, 1.807) is 0 Å². The Morgan fingerprint density at radius 3 is 2.37 bits per heavy atom. The largest absolute Gasteiger partial charge is 0.337 e. The molecule has 0 aromatic carbocycles. The molecule has 0 saturated carbocycles. The maximum Gasteiger partial charge on any atom is 0.273 e. The molecule has 0 unspecified atom stereocenters. The number of nitrogens with two attached hydrogens (primary N) is 1. The molecule has 4 nitrogen and oxygen atoms in total. The second-order valence-electron chi connectivity index (χ2n) is 5.66. The van der Waals surface area contributed by atoms with Crippen molar-refractivity contribution in [3.05, 3.63) is 16.1 Å². The Bertz CT molecular complexity index is 391. The van der Waals surface area contributed by atoms with Crippen LogP contribution in [-0.2, 0) is 6.42 Å². The van der Waals surface area contributed by atoms with Gasteiger partial charge in [0.1, 0.15) is 5.69 Å². The van der Waals surface area contributed by atoms with Crippen molar-refractivity contribution in [2.45, 2.75) is 34.1 Å². The lowest BCUT2D eigenvalue weighted by Gasteiger charge is -2.25. The van der Waals surface area contributed by atoms with Crippen LogP contribution < -0.4 is 5.73 Å². The van der Waals surface area contributed by atoms with E-state index in [2.05, 4.69) is 32.7 Å². The van der Waals surface area contributed by atoms with Crippen molar-refractivity contribution < 1.29 is 4.79 Å². The van der Waals surface area contributed by atoms with E-state index in [0.717, 1.165) is 24.5 Å². The highest BCUT2D eigenvalue weighted by atomic mass is 32.1. The molecule has 1 aromatic rings. The van der Waals surface area contributed by atoms with E-state index in [1.165, 1.54) is 11.3 Å². The van der Waals surface area contributed by atoms with Crippen molar-refractivity contribution in [1.29, 1.82) is 0 Å². The Balaban J connectivity index is 2.78. The summed E-state index contributed by atoms with van der Waals surface area (Å²) in [6.07, 6.45) is 0.742. The highest BCUT2D eigenvalue weighted by molar-refractivity contribution is 7.09. The smallest absolute Gasteiger partial charge is 0.273 e. The van der Waals surface area contributed by atoms with Crippen LogP contribution in [0.1, 0.15) is 43.2 Å². The van der Waals surface area contributed by atoms with Crippen molar-refractivity contribution in [2.75, 3.05) is 19.6 Å². The average molecular weight is 283 g/mol. The van der Waals surface area contributed by atoms with Crippen LogP contribution in [0.15, 0.2) is 5.38 Å². The summed E-state index contributed by atoms with van der Waals surface area (Å²) in [5, 5.41) is 2.79. The minimum Gasteiger partial charge on any atom is -0.337 e. The van der Waals surface area contributed by atoms with Crippen LogP contribution in [0, 0.1) is 11.8 Å². The molecule has 0 fully saturated rings. The van der Waals surface area contributed by atoms with E-state index in [-0.39, 0.29) is 5.91 Å². The number of thiazole rings is 1. The van der Waals surface area contributed by atoms with E-state index in [9.17, 15) is 4.79 Å². The summed E-state index contributed by atoms with van der Waals surface area (Å²) < 4.78 is 0. The molecule has 1 rings (SSSR count). The Labute approximate surface area is 120 Å². The number of nitrogens with zero attached hydrogens (tertiary/aromatic N) is 2. The molecular weight excluding hydrogens is 258 g/mol. The summed E-state index contributed by atoms with van der Waals surface area (Å²) in [6.45, 7) is 10.6. The molecule has 1 amide bonds. The monoisotopic (exact) mass is 283 g/mol. The first-order valence-corrected chi connectivity index (χ1v) is 7.75. The maximum atomic E-state index is 12.5.